The number of halogens is 1. The summed E-state index contributed by atoms with van der Waals surface area (Å²) in [7, 11) is 0. The molecule has 0 radical (unpaired) electrons. The second-order valence-electron chi connectivity index (χ2n) is 10.3. The molecule has 0 spiro atoms. The Morgan fingerprint density at radius 3 is 2.84 bits per heavy atom. The topological polar surface area (TPSA) is 115 Å². The number of hydrogen-bond acceptors (Lipinski definition) is 8. The van der Waals surface area contributed by atoms with Gasteiger partial charge in [-0.05, 0) is 62.5 Å². The van der Waals surface area contributed by atoms with Crippen LogP contribution in [0.5, 0.6) is 0 Å². The molecule has 1 fully saturated rings. The van der Waals surface area contributed by atoms with E-state index in [0.29, 0.717) is 36.2 Å². The van der Waals surface area contributed by atoms with E-state index in [9.17, 15) is 14.8 Å². The molecule has 1 atom stereocenters. The van der Waals surface area contributed by atoms with Crippen LogP contribution in [0.3, 0.4) is 0 Å². The van der Waals surface area contributed by atoms with Crippen LogP contribution in [0.2, 0.25) is 0 Å². The zero-order valence-corrected chi connectivity index (χ0v) is 21.3. The van der Waals surface area contributed by atoms with Gasteiger partial charge in [0.1, 0.15) is 18.6 Å². The number of aliphatic hydroxyl groups excluding tert-OH is 1. The number of aromatic nitrogens is 4. The van der Waals surface area contributed by atoms with Crippen LogP contribution >= 0.6 is 0 Å². The highest BCUT2D eigenvalue weighted by Gasteiger charge is 2.36. The molecule has 2 aliphatic heterocycles. The molecule has 4 heterocycles. The first-order chi connectivity index (χ1) is 17.9. The first kappa shape index (κ1) is 25.1. The Bertz CT molecular complexity index is 1310. The second-order valence-corrected chi connectivity index (χ2v) is 10.3. The van der Waals surface area contributed by atoms with Crippen molar-refractivity contribution in [3.05, 3.63) is 47.3 Å². The Kier molecular flexibility index (Phi) is 7.09. The molecule has 3 aromatic rings. The molecular weight excluding hydrogens is 471 g/mol. The number of likely N-dealkylation sites (tertiary alicyclic amines) is 1. The van der Waals surface area contributed by atoms with Crippen molar-refractivity contribution in [2.45, 2.75) is 38.6 Å². The third kappa shape index (κ3) is 5.15. The molecule has 194 valence electrons. The van der Waals surface area contributed by atoms with E-state index in [1.807, 2.05) is 42.8 Å². The molecule has 0 amide bonds. The zero-order valence-electron chi connectivity index (χ0n) is 21.3. The Morgan fingerprint density at radius 2 is 2.11 bits per heavy atom. The average molecular weight is 505 g/mol. The van der Waals surface area contributed by atoms with Crippen molar-refractivity contribution >= 4 is 17.5 Å². The average Bonchev–Trinajstić information content (AvgIpc) is 3.43. The van der Waals surface area contributed by atoms with Gasteiger partial charge >= 0.3 is 0 Å². The van der Waals surface area contributed by atoms with Gasteiger partial charge in [0, 0.05) is 42.9 Å². The van der Waals surface area contributed by atoms with Crippen LogP contribution in [0.1, 0.15) is 36.6 Å². The van der Waals surface area contributed by atoms with Crippen LogP contribution in [0.15, 0.2) is 30.5 Å². The van der Waals surface area contributed by atoms with Crippen LogP contribution in [0, 0.1) is 24.2 Å². The summed E-state index contributed by atoms with van der Waals surface area (Å²) in [6, 6.07) is 9.90. The van der Waals surface area contributed by atoms with Crippen molar-refractivity contribution in [2.24, 2.45) is 5.92 Å². The predicted molar refractivity (Wildman–Crippen MR) is 140 cm³/mol. The Labute approximate surface area is 216 Å². The van der Waals surface area contributed by atoms with E-state index in [1.54, 1.807) is 6.20 Å². The molecule has 1 saturated heterocycles. The summed E-state index contributed by atoms with van der Waals surface area (Å²) in [6.07, 6.45) is 3.73. The molecule has 3 N–H and O–H groups in total. The van der Waals surface area contributed by atoms with E-state index in [4.69, 9.17) is 4.98 Å². The summed E-state index contributed by atoms with van der Waals surface area (Å²) in [5.41, 5.74) is 4.16. The van der Waals surface area contributed by atoms with Crippen LogP contribution < -0.4 is 10.6 Å². The molecule has 1 aromatic carbocycles. The second kappa shape index (κ2) is 10.4. The summed E-state index contributed by atoms with van der Waals surface area (Å²) in [6.45, 7) is 7.34. The number of aliphatic hydroxyl groups is 1. The fourth-order valence-corrected chi connectivity index (χ4v) is 5.30. The standard InChI is InChI=1S/C27H33FN8O/c1-18-11-24(36(34-18)15-19-4-8-35(9-5-19)10-6-28)33-26-30-7-3-23(32-26)20-12-21(14-29)25-22(13-20)27(2,17-37)16-31-25/h3,7,11-13,19,31,37H,4-6,8-10,15-17H2,1-2H3,(H,30,32,33)/t27-/m1/s1. The van der Waals surface area contributed by atoms with Gasteiger partial charge in [-0.2, -0.15) is 10.4 Å². The van der Waals surface area contributed by atoms with Crippen LogP contribution in [0.25, 0.3) is 11.3 Å². The van der Waals surface area contributed by atoms with Crippen molar-refractivity contribution in [2.75, 3.05) is 50.1 Å². The molecule has 0 saturated carbocycles. The van der Waals surface area contributed by atoms with E-state index >= 15 is 0 Å². The van der Waals surface area contributed by atoms with Crippen molar-refractivity contribution in [1.82, 2.24) is 24.6 Å². The lowest BCUT2D eigenvalue weighted by Gasteiger charge is -2.31. The first-order valence-electron chi connectivity index (χ1n) is 12.8. The minimum Gasteiger partial charge on any atom is -0.395 e. The molecule has 0 aliphatic carbocycles. The van der Waals surface area contributed by atoms with Gasteiger partial charge in [0.15, 0.2) is 0 Å². The largest absolute Gasteiger partial charge is 0.395 e. The summed E-state index contributed by atoms with van der Waals surface area (Å²) >= 11 is 0. The van der Waals surface area contributed by atoms with E-state index in [0.717, 1.165) is 60.8 Å². The van der Waals surface area contributed by atoms with Crippen LogP contribution in [0.4, 0.5) is 21.8 Å². The summed E-state index contributed by atoms with van der Waals surface area (Å²) in [4.78, 5) is 11.3. The van der Waals surface area contributed by atoms with Gasteiger partial charge in [-0.1, -0.05) is 6.92 Å². The lowest BCUT2D eigenvalue weighted by molar-refractivity contribution is 0.161. The third-order valence-corrected chi connectivity index (χ3v) is 7.55. The Morgan fingerprint density at radius 1 is 1.30 bits per heavy atom. The number of anilines is 3. The molecule has 2 aliphatic rings. The van der Waals surface area contributed by atoms with Gasteiger partial charge < -0.3 is 20.6 Å². The normalized spacial score (nSPS) is 19.9. The summed E-state index contributed by atoms with van der Waals surface area (Å²) < 4.78 is 14.6. The molecule has 2 aromatic heterocycles. The summed E-state index contributed by atoms with van der Waals surface area (Å²) in [5.74, 6) is 1.75. The number of hydrogen-bond donors (Lipinski definition) is 3. The third-order valence-electron chi connectivity index (χ3n) is 7.55. The number of aryl methyl sites for hydroxylation is 1. The number of nitrogens with one attached hydrogen (secondary N) is 2. The molecule has 5 rings (SSSR count). The smallest absolute Gasteiger partial charge is 0.228 e. The minimum atomic E-state index is -0.461. The molecule has 37 heavy (non-hydrogen) atoms. The minimum absolute atomic E-state index is 0.0177. The van der Waals surface area contributed by atoms with Gasteiger partial charge in [0.05, 0.1) is 29.2 Å². The lowest BCUT2D eigenvalue weighted by atomic mass is 9.83. The number of nitriles is 1. The highest BCUT2D eigenvalue weighted by molar-refractivity contribution is 5.76. The maximum absolute atomic E-state index is 12.7. The highest BCUT2D eigenvalue weighted by Crippen LogP contribution is 2.41. The zero-order chi connectivity index (χ0) is 26.0. The molecule has 0 unspecified atom stereocenters. The van der Waals surface area contributed by atoms with Crippen molar-refractivity contribution in [3.63, 3.8) is 0 Å². The highest BCUT2D eigenvalue weighted by atomic mass is 19.1. The number of alkyl halides is 1. The van der Waals surface area contributed by atoms with Gasteiger partial charge in [0.25, 0.3) is 0 Å². The summed E-state index contributed by atoms with van der Waals surface area (Å²) in [5, 5.41) is 31.0. The van der Waals surface area contributed by atoms with Gasteiger partial charge in [-0.15, -0.1) is 0 Å². The molecule has 9 nitrogen and oxygen atoms in total. The SMILES string of the molecule is Cc1cc(Nc2nccc(-c3cc(C#N)c4c(c3)[C@@](C)(CO)CN4)n2)n(CC2CCN(CCF)CC2)n1. The van der Waals surface area contributed by atoms with Gasteiger partial charge in [0.2, 0.25) is 5.95 Å². The van der Waals surface area contributed by atoms with Crippen molar-refractivity contribution in [3.8, 4) is 17.3 Å². The molecule has 10 heteroatoms. The number of fused-ring (bicyclic) bond motifs is 1. The van der Waals surface area contributed by atoms with Gasteiger partial charge in [-0.25, -0.2) is 19.0 Å². The van der Waals surface area contributed by atoms with Gasteiger partial charge in [-0.3, -0.25) is 0 Å². The van der Waals surface area contributed by atoms with Crippen LogP contribution in [-0.2, 0) is 12.0 Å². The Hall–Kier alpha value is -3.55. The Balaban J connectivity index is 1.37. The van der Waals surface area contributed by atoms with Crippen LogP contribution in [-0.4, -0.2) is 69.2 Å². The first-order valence-corrected chi connectivity index (χ1v) is 12.8. The van der Waals surface area contributed by atoms with E-state index < -0.39 is 5.41 Å². The maximum Gasteiger partial charge on any atom is 0.228 e. The molecular formula is C27H33FN8O. The predicted octanol–water partition coefficient (Wildman–Crippen LogP) is 3.62. The van der Waals surface area contributed by atoms with Crippen molar-refractivity contribution < 1.29 is 9.50 Å². The van der Waals surface area contributed by atoms with E-state index in [1.165, 1.54) is 0 Å². The molecule has 0 bridgehead atoms. The number of nitrogens with zero attached hydrogens (tertiary/aromatic N) is 6. The monoisotopic (exact) mass is 504 g/mol. The van der Waals surface area contributed by atoms with E-state index in [2.05, 4.69) is 31.7 Å². The fraction of sp³-hybridized carbons (Fsp3) is 0.481. The number of rotatable bonds is 8. The number of benzene rings is 1. The number of piperidine rings is 1. The van der Waals surface area contributed by atoms with Crippen molar-refractivity contribution in [1.29, 1.82) is 5.26 Å². The maximum atomic E-state index is 12.7. The lowest BCUT2D eigenvalue weighted by Crippen LogP contribution is -2.36. The fourth-order valence-electron chi connectivity index (χ4n) is 5.30. The quantitative estimate of drug-likeness (QED) is 0.426. The van der Waals surface area contributed by atoms with E-state index in [-0.39, 0.29) is 13.3 Å².